The van der Waals surface area contributed by atoms with Gasteiger partial charge in [-0.05, 0) is 35.3 Å². The van der Waals surface area contributed by atoms with Crippen molar-refractivity contribution in [3.8, 4) is 5.88 Å². The minimum absolute atomic E-state index is 0.00930. The molecule has 5 nitrogen and oxygen atoms in total. The van der Waals surface area contributed by atoms with E-state index >= 15 is 0 Å². The molecule has 0 spiro atoms. The van der Waals surface area contributed by atoms with Gasteiger partial charge in [-0.2, -0.15) is 5.10 Å². The third-order valence-electron chi connectivity index (χ3n) is 2.88. The molecule has 0 N–H and O–H groups in total. The Morgan fingerprint density at radius 2 is 2.15 bits per heavy atom. The van der Waals surface area contributed by atoms with Crippen molar-refractivity contribution in [3.05, 3.63) is 40.3 Å². The van der Waals surface area contributed by atoms with Gasteiger partial charge in [0.15, 0.2) is 5.78 Å². The van der Waals surface area contributed by atoms with E-state index in [1.807, 2.05) is 19.9 Å². The zero-order valence-electron chi connectivity index (χ0n) is 11.6. The number of ether oxygens (including phenoxy) is 1. The smallest absolute Gasteiger partial charge is 0.212 e. The summed E-state index contributed by atoms with van der Waals surface area (Å²) in [6, 6.07) is 3.72. The van der Waals surface area contributed by atoms with Crippen LogP contribution in [0.25, 0.3) is 0 Å². The van der Waals surface area contributed by atoms with Crippen LogP contribution in [0.1, 0.15) is 35.9 Å². The molecule has 2 heterocycles. The van der Waals surface area contributed by atoms with Gasteiger partial charge in [0, 0.05) is 24.7 Å². The van der Waals surface area contributed by atoms with Gasteiger partial charge in [0.2, 0.25) is 5.88 Å². The molecule has 0 bridgehead atoms. The van der Waals surface area contributed by atoms with Crippen molar-refractivity contribution in [2.24, 2.45) is 0 Å². The van der Waals surface area contributed by atoms with Crippen LogP contribution in [0.15, 0.2) is 29.0 Å². The van der Waals surface area contributed by atoms with Gasteiger partial charge in [0.1, 0.15) is 5.69 Å². The number of carbonyl (C=O) groups excluding carboxylic acids is 1. The average molecular weight is 338 g/mol. The Labute approximate surface area is 126 Å². The molecule has 2 aromatic rings. The van der Waals surface area contributed by atoms with E-state index in [0.717, 1.165) is 10.0 Å². The lowest BCUT2D eigenvalue weighted by Gasteiger charge is -2.10. The topological polar surface area (TPSA) is 57.0 Å². The Balaban J connectivity index is 2.21. The molecule has 0 aliphatic carbocycles. The predicted molar refractivity (Wildman–Crippen MR) is 79.1 cm³/mol. The zero-order valence-corrected chi connectivity index (χ0v) is 13.2. The van der Waals surface area contributed by atoms with Crippen molar-refractivity contribution >= 4 is 21.7 Å². The predicted octanol–water partition coefficient (Wildman–Crippen LogP) is 3.06. The summed E-state index contributed by atoms with van der Waals surface area (Å²) in [5, 5.41) is 4.22. The fourth-order valence-corrected chi connectivity index (χ4v) is 2.39. The molecule has 20 heavy (non-hydrogen) atoms. The van der Waals surface area contributed by atoms with E-state index in [0.29, 0.717) is 11.6 Å². The first-order valence-electron chi connectivity index (χ1n) is 6.28. The fraction of sp³-hybridized carbons (Fsp3) is 0.357. The van der Waals surface area contributed by atoms with E-state index in [4.69, 9.17) is 4.74 Å². The summed E-state index contributed by atoms with van der Waals surface area (Å²) in [6.07, 6.45) is 3.59. The molecule has 0 radical (unpaired) electrons. The molecular weight excluding hydrogens is 322 g/mol. The largest absolute Gasteiger partial charge is 0.481 e. The Bertz CT molecular complexity index is 605. The lowest BCUT2D eigenvalue weighted by Crippen LogP contribution is -2.15. The molecule has 0 saturated carbocycles. The van der Waals surface area contributed by atoms with Crippen LogP contribution in [0.2, 0.25) is 0 Å². The van der Waals surface area contributed by atoms with Gasteiger partial charge < -0.3 is 4.74 Å². The maximum Gasteiger partial charge on any atom is 0.212 e. The lowest BCUT2D eigenvalue weighted by atomic mass is 10.1. The first kappa shape index (κ1) is 14.7. The van der Waals surface area contributed by atoms with E-state index in [1.165, 1.54) is 0 Å². The number of rotatable bonds is 5. The molecule has 2 aromatic heterocycles. The van der Waals surface area contributed by atoms with E-state index < -0.39 is 0 Å². The standard InChI is InChI=1S/C14H16BrN3O2/c1-9(2)18-14(11(15)8-17-18)12(19)6-10-4-5-13(20-3)16-7-10/h4-5,7-9H,6H2,1-3H3. The number of methoxy groups -OCH3 is 1. The summed E-state index contributed by atoms with van der Waals surface area (Å²) in [6.45, 7) is 3.98. The maximum absolute atomic E-state index is 12.4. The zero-order chi connectivity index (χ0) is 14.7. The van der Waals surface area contributed by atoms with Gasteiger partial charge in [0.25, 0.3) is 0 Å². The van der Waals surface area contributed by atoms with Crippen molar-refractivity contribution in [1.82, 2.24) is 14.8 Å². The number of Topliss-reactive ketones (excluding diaryl/α,β-unsaturated/α-hetero) is 1. The Kier molecular flexibility index (Phi) is 4.54. The van der Waals surface area contributed by atoms with E-state index in [2.05, 4.69) is 26.0 Å². The number of pyridine rings is 1. The average Bonchev–Trinajstić information content (AvgIpc) is 2.81. The molecule has 0 aromatic carbocycles. The molecule has 106 valence electrons. The second kappa shape index (κ2) is 6.17. The van der Waals surface area contributed by atoms with Crippen molar-refractivity contribution < 1.29 is 9.53 Å². The molecular formula is C14H16BrN3O2. The van der Waals surface area contributed by atoms with Gasteiger partial charge in [0.05, 0.1) is 17.8 Å². The van der Waals surface area contributed by atoms with E-state index in [9.17, 15) is 4.79 Å². The van der Waals surface area contributed by atoms with Crippen LogP contribution in [0.5, 0.6) is 5.88 Å². The van der Waals surface area contributed by atoms with Crippen LogP contribution in [0, 0.1) is 0 Å². The highest BCUT2D eigenvalue weighted by molar-refractivity contribution is 9.10. The lowest BCUT2D eigenvalue weighted by molar-refractivity contribution is 0.0980. The normalized spacial score (nSPS) is 10.8. The first-order chi connectivity index (χ1) is 9.52. The van der Waals surface area contributed by atoms with E-state index in [-0.39, 0.29) is 18.2 Å². The van der Waals surface area contributed by atoms with Crippen LogP contribution >= 0.6 is 15.9 Å². The molecule has 0 aliphatic rings. The van der Waals surface area contributed by atoms with Gasteiger partial charge in [-0.15, -0.1) is 0 Å². The highest BCUT2D eigenvalue weighted by atomic mass is 79.9. The third kappa shape index (κ3) is 3.07. The van der Waals surface area contributed by atoms with Crippen molar-refractivity contribution in [3.63, 3.8) is 0 Å². The van der Waals surface area contributed by atoms with Crippen molar-refractivity contribution in [1.29, 1.82) is 0 Å². The highest BCUT2D eigenvalue weighted by Gasteiger charge is 2.19. The molecule has 0 amide bonds. The molecule has 6 heteroatoms. The molecule has 2 rings (SSSR count). The second-order valence-corrected chi connectivity index (χ2v) is 5.54. The number of hydrogen-bond donors (Lipinski definition) is 0. The third-order valence-corrected chi connectivity index (χ3v) is 3.46. The monoisotopic (exact) mass is 337 g/mol. The molecule has 0 saturated heterocycles. The molecule has 0 atom stereocenters. The van der Waals surface area contributed by atoms with Crippen LogP contribution in [0.4, 0.5) is 0 Å². The first-order valence-corrected chi connectivity index (χ1v) is 7.07. The number of aromatic nitrogens is 3. The summed E-state index contributed by atoms with van der Waals surface area (Å²) in [5.74, 6) is 0.546. The molecule has 0 aliphatic heterocycles. The number of halogens is 1. The maximum atomic E-state index is 12.4. The van der Waals surface area contributed by atoms with Gasteiger partial charge in [-0.3, -0.25) is 9.48 Å². The van der Waals surface area contributed by atoms with Crippen LogP contribution in [-0.2, 0) is 6.42 Å². The Morgan fingerprint density at radius 1 is 1.40 bits per heavy atom. The minimum atomic E-state index is 0.00930. The summed E-state index contributed by atoms with van der Waals surface area (Å²) in [7, 11) is 1.56. The number of carbonyl (C=O) groups is 1. The molecule has 0 fully saturated rings. The Hall–Kier alpha value is -1.69. The van der Waals surface area contributed by atoms with Crippen LogP contribution in [0.3, 0.4) is 0 Å². The fourth-order valence-electron chi connectivity index (χ4n) is 1.90. The van der Waals surface area contributed by atoms with Crippen LogP contribution < -0.4 is 4.74 Å². The summed E-state index contributed by atoms with van der Waals surface area (Å²) >= 11 is 3.38. The van der Waals surface area contributed by atoms with Crippen molar-refractivity contribution in [2.45, 2.75) is 26.3 Å². The number of ketones is 1. The number of hydrogen-bond acceptors (Lipinski definition) is 4. The van der Waals surface area contributed by atoms with Crippen LogP contribution in [-0.4, -0.2) is 27.7 Å². The summed E-state index contributed by atoms with van der Waals surface area (Å²) < 4.78 is 7.44. The Morgan fingerprint density at radius 3 is 2.70 bits per heavy atom. The number of nitrogens with zero attached hydrogens (tertiary/aromatic N) is 3. The van der Waals surface area contributed by atoms with Gasteiger partial charge >= 0.3 is 0 Å². The van der Waals surface area contributed by atoms with Crippen molar-refractivity contribution in [2.75, 3.05) is 7.11 Å². The second-order valence-electron chi connectivity index (χ2n) is 4.69. The SMILES string of the molecule is COc1ccc(CC(=O)c2c(Br)cnn2C(C)C)cn1. The van der Waals surface area contributed by atoms with Gasteiger partial charge in [-0.1, -0.05) is 6.07 Å². The highest BCUT2D eigenvalue weighted by Crippen LogP contribution is 2.21. The summed E-state index contributed by atoms with van der Waals surface area (Å²) in [4.78, 5) is 16.5. The minimum Gasteiger partial charge on any atom is -0.481 e. The van der Waals surface area contributed by atoms with Gasteiger partial charge in [-0.25, -0.2) is 4.98 Å². The summed E-state index contributed by atoms with van der Waals surface area (Å²) in [5.41, 5.74) is 1.44. The molecule has 0 unspecified atom stereocenters. The quantitative estimate of drug-likeness (QED) is 0.787. The van der Waals surface area contributed by atoms with E-state index in [1.54, 1.807) is 30.3 Å².